The molecule has 1 rings (SSSR count). The van der Waals surface area contributed by atoms with Crippen LogP contribution in [0.3, 0.4) is 0 Å². The van der Waals surface area contributed by atoms with E-state index >= 15 is 0 Å². The van der Waals surface area contributed by atoms with Crippen molar-refractivity contribution >= 4 is 21.4 Å². The third-order valence-corrected chi connectivity index (χ3v) is 3.03. The fraction of sp³-hybridized carbons (Fsp3) is 0.400. The van der Waals surface area contributed by atoms with Gasteiger partial charge < -0.3 is 15.8 Å². The lowest BCUT2D eigenvalue weighted by atomic mass is 10.3. The second-order valence-corrected chi connectivity index (χ2v) is 4.95. The highest BCUT2D eigenvalue weighted by molar-refractivity contribution is 7.89. The number of nitrogens with one attached hydrogen (secondary N) is 1. The minimum Gasteiger partial charge on any atom is -0.399 e. The van der Waals surface area contributed by atoms with Crippen molar-refractivity contribution in [3.8, 4) is 0 Å². The molecule has 6 nitrogen and oxygen atoms in total. The summed E-state index contributed by atoms with van der Waals surface area (Å²) in [4.78, 5) is -0.00556. The Labute approximate surface area is 101 Å². The van der Waals surface area contributed by atoms with Gasteiger partial charge in [0.15, 0.2) is 0 Å². The highest BCUT2D eigenvalue weighted by atomic mass is 32.2. The molecule has 7 heteroatoms. The highest BCUT2D eigenvalue weighted by Crippen LogP contribution is 2.22. The maximum Gasteiger partial charge on any atom is 0.240 e. The first-order valence-corrected chi connectivity index (χ1v) is 6.73. The Hall–Kier alpha value is -1.31. The predicted octanol–water partition coefficient (Wildman–Crippen LogP) is 0.365. The molecule has 96 valence electrons. The van der Waals surface area contributed by atoms with Crippen LogP contribution in [0, 0.1) is 0 Å². The van der Waals surface area contributed by atoms with Gasteiger partial charge in [0.2, 0.25) is 10.0 Å². The zero-order chi connectivity index (χ0) is 12.9. The van der Waals surface area contributed by atoms with Gasteiger partial charge in [-0.25, -0.2) is 13.6 Å². The van der Waals surface area contributed by atoms with Gasteiger partial charge in [-0.1, -0.05) is 0 Å². The average Bonchev–Trinajstić information content (AvgIpc) is 2.25. The molecule has 0 aliphatic heterocycles. The van der Waals surface area contributed by atoms with Gasteiger partial charge in [-0.3, -0.25) is 0 Å². The molecule has 0 fully saturated rings. The minimum absolute atomic E-state index is 0.00556. The van der Waals surface area contributed by atoms with E-state index in [2.05, 4.69) is 5.32 Å². The van der Waals surface area contributed by atoms with Gasteiger partial charge in [0, 0.05) is 18.8 Å². The molecule has 0 amide bonds. The third kappa shape index (κ3) is 4.22. The zero-order valence-corrected chi connectivity index (χ0v) is 10.5. The molecule has 0 aliphatic carbocycles. The summed E-state index contributed by atoms with van der Waals surface area (Å²) in [6.07, 6.45) is 0. The van der Waals surface area contributed by atoms with Crippen LogP contribution in [-0.4, -0.2) is 28.2 Å². The van der Waals surface area contributed by atoms with Gasteiger partial charge in [-0.05, 0) is 25.1 Å². The first-order valence-electron chi connectivity index (χ1n) is 5.19. The SMILES string of the molecule is CCOCCNc1ccc(N)cc1S(N)(=O)=O. The molecule has 0 aliphatic rings. The lowest BCUT2D eigenvalue weighted by Crippen LogP contribution is -2.17. The van der Waals surface area contributed by atoms with Crippen LogP contribution in [0.15, 0.2) is 23.1 Å². The Morgan fingerprint density at radius 3 is 2.71 bits per heavy atom. The van der Waals surface area contributed by atoms with E-state index in [1.54, 1.807) is 12.1 Å². The van der Waals surface area contributed by atoms with Crippen LogP contribution in [0.25, 0.3) is 0 Å². The van der Waals surface area contributed by atoms with E-state index in [4.69, 9.17) is 15.6 Å². The van der Waals surface area contributed by atoms with Crippen LogP contribution >= 0.6 is 0 Å². The quantitative estimate of drug-likeness (QED) is 0.505. The van der Waals surface area contributed by atoms with E-state index in [9.17, 15) is 8.42 Å². The van der Waals surface area contributed by atoms with Crippen molar-refractivity contribution in [2.24, 2.45) is 5.14 Å². The van der Waals surface area contributed by atoms with Crippen LogP contribution in [0.1, 0.15) is 6.92 Å². The number of sulfonamides is 1. The molecule has 5 N–H and O–H groups in total. The molecule has 0 unspecified atom stereocenters. The molecule has 1 aromatic carbocycles. The first-order chi connectivity index (χ1) is 7.95. The lowest BCUT2D eigenvalue weighted by Gasteiger charge is -2.11. The Morgan fingerprint density at radius 2 is 2.12 bits per heavy atom. The highest BCUT2D eigenvalue weighted by Gasteiger charge is 2.13. The van der Waals surface area contributed by atoms with Gasteiger partial charge in [-0.2, -0.15) is 0 Å². The maximum atomic E-state index is 11.3. The van der Waals surface area contributed by atoms with Gasteiger partial charge in [-0.15, -0.1) is 0 Å². The molecule has 0 saturated carbocycles. The van der Waals surface area contributed by atoms with E-state index < -0.39 is 10.0 Å². The van der Waals surface area contributed by atoms with Crippen molar-refractivity contribution in [1.82, 2.24) is 0 Å². The van der Waals surface area contributed by atoms with Crippen molar-refractivity contribution in [1.29, 1.82) is 0 Å². The molecule has 17 heavy (non-hydrogen) atoms. The van der Waals surface area contributed by atoms with Crippen molar-refractivity contribution in [2.75, 3.05) is 30.8 Å². The second-order valence-electron chi connectivity index (χ2n) is 3.42. The van der Waals surface area contributed by atoms with Gasteiger partial charge >= 0.3 is 0 Å². The van der Waals surface area contributed by atoms with Crippen LogP contribution < -0.4 is 16.2 Å². The van der Waals surface area contributed by atoms with Gasteiger partial charge in [0.1, 0.15) is 4.90 Å². The molecule has 0 radical (unpaired) electrons. The lowest BCUT2D eigenvalue weighted by molar-refractivity contribution is 0.158. The molecule has 0 aromatic heterocycles. The average molecular weight is 259 g/mol. The fourth-order valence-corrected chi connectivity index (χ4v) is 2.07. The summed E-state index contributed by atoms with van der Waals surface area (Å²) in [7, 11) is -3.78. The van der Waals surface area contributed by atoms with E-state index in [0.29, 0.717) is 31.1 Å². The molecule has 1 aromatic rings. The summed E-state index contributed by atoms with van der Waals surface area (Å²) in [5.41, 5.74) is 6.31. The number of rotatable bonds is 6. The first kappa shape index (κ1) is 13.8. The Bertz CT molecular complexity index is 474. The van der Waals surface area contributed by atoms with Gasteiger partial charge in [0.05, 0.1) is 12.3 Å². The number of nitrogens with two attached hydrogens (primary N) is 2. The molecule has 0 saturated heterocycles. The number of nitrogen functional groups attached to an aromatic ring is 1. The minimum atomic E-state index is -3.78. The monoisotopic (exact) mass is 259 g/mol. The summed E-state index contributed by atoms with van der Waals surface area (Å²) in [5.74, 6) is 0. The normalized spacial score (nSPS) is 11.4. The van der Waals surface area contributed by atoms with Crippen LogP contribution in [-0.2, 0) is 14.8 Å². The van der Waals surface area contributed by atoms with E-state index in [0.717, 1.165) is 0 Å². The number of hydrogen-bond donors (Lipinski definition) is 3. The van der Waals surface area contributed by atoms with E-state index in [1.165, 1.54) is 6.07 Å². The summed E-state index contributed by atoms with van der Waals surface area (Å²) in [6, 6.07) is 4.52. The number of ether oxygens (including phenoxy) is 1. The third-order valence-electron chi connectivity index (χ3n) is 2.08. The van der Waals surface area contributed by atoms with E-state index in [-0.39, 0.29) is 4.90 Å². The predicted molar refractivity (Wildman–Crippen MR) is 67.2 cm³/mol. The zero-order valence-electron chi connectivity index (χ0n) is 9.64. The summed E-state index contributed by atoms with van der Waals surface area (Å²) < 4.78 is 27.8. The summed E-state index contributed by atoms with van der Waals surface area (Å²) in [6.45, 7) is 3.50. The van der Waals surface area contributed by atoms with Crippen molar-refractivity contribution < 1.29 is 13.2 Å². The molecule has 0 heterocycles. The van der Waals surface area contributed by atoms with Crippen molar-refractivity contribution in [3.63, 3.8) is 0 Å². The van der Waals surface area contributed by atoms with Crippen LogP contribution in [0.5, 0.6) is 0 Å². The van der Waals surface area contributed by atoms with Crippen molar-refractivity contribution in [3.05, 3.63) is 18.2 Å². The molecule has 0 atom stereocenters. The largest absolute Gasteiger partial charge is 0.399 e. The maximum absolute atomic E-state index is 11.3. The molecular formula is C10H17N3O3S. The topological polar surface area (TPSA) is 107 Å². The van der Waals surface area contributed by atoms with Crippen LogP contribution in [0.2, 0.25) is 0 Å². The number of anilines is 2. The number of benzene rings is 1. The Balaban J connectivity index is 2.84. The summed E-state index contributed by atoms with van der Waals surface area (Å²) >= 11 is 0. The van der Waals surface area contributed by atoms with Crippen LogP contribution in [0.4, 0.5) is 11.4 Å². The number of primary sulfonamides is 1. The molecule has 0 spiro atoms. The van der Waals surface area contributed by atoms with E-state index in [1.807, 2.05) is 6.92 Å². The second kappa shape index (κ2) is 5.85. The number of hydrogen-bond acceptors (Lipinski definition) is 5. The molecular weight excluding hydrogens is 242 g/mol. The standard InChI is InChI=1S/C10H17N3O3S/c1-2-16-6-5-13-9-4-3-8(11)7-10(9)17(12,14)15/h3-4,7,13H,2,5-6,11H2,1H3,(H2,12,14,15). The Kier molecular flexibility index (Phi) is 4.73. The smallest absolute Gasteiger partial charge is 0.240 e. The van der Waals surface area contributed by atoms with Crippen molar-refractivity contribution in [2.45, 2.75) is 11.8 Å². The van der Waals surface area contributed by atoms with Gasteiger partial charge in [0.25, 0.3) is 0 Å². The summed E-state index contributed by atoms with van der Waals surface area (Å²) in [5, 5.41) is 8.04. The Morgan fingerprint density at radius 1 is 1.41 bits per heavy atom. The fourth-order valence-electron chi connectivity index (χ4n) is 1.32. The molecule has 0 bridgehead atoms.